The molecule has 0 bridgehead atoms. The summed E-state index contributed by atoms with van der Waals surface area (Å²) in [6.45, 7) is 0. The van der Waals surface area contributed by atoms with Crippen molar-refractivity contribution in [3.05, 3.63) is 42.6 Å². The summed E-state index contributed by atoms with van der Waals surface area (Å²) >= 11 is 0. The van der Waals surface area contributed by atoms with E-state index in [1.54, 1.807) is 57.8 Å². The number of benzene rings is 2. The predicted molar refractivity (Wildman–Crippen MR) is 121 cm³/mol. The molecule has 2 aromatic carbocycles. The van der Waals surface area contributed by atoms with Gasteiger partial charge in [0.1, 0.15) is 11.5 Å². The van der Waals surface area contributed by atoms with Gasteiger partial charge >= 0.3 is 0 Å². The third kappa shape index (κ3) is 3.77. The number of aromatic nitrogens is 1. The van der Waals surface area contributed by atoms with E-state index in [2.05, 4.69) is 14.2 Å². The highest BCUT2D eigenvalue weighted by Gasteiger charge is 2.39. The lowest BCUT2D eigenvalue weighted by Crippen LogP contribution is -2.32. The highest BCUT2D eigenvalue weighted by atomic mass is 32.2. The Balaban J connectivity index is 1.66. The van der Waals surface area contributed by atoms with Crippen LogP contribution in [-0.2, 0) is 10.0 Å². The molecule has 4 rings (SSSR count). The molecule has 3 aromatic rings. The number of anilines is 1. The van der Waals surface area contributed by atoms with Crippen molar-refractivity contribution < 1.29 is 22.6 Å². The Morgan fingerprint density at radius 2 is 1.73 bits per heavy atom. The Morgan fingerprint density at radius 3 is 2.37 bits per heavy atom. The van der Waals surface area contributed by atoms with E-state index in [4.69, 9.17) is 14.2 Å². The Kier molecular flexibility index (Phi) is 5.47. The maximum Gasteiger partial charge on any atom is 0.237 e. The van der Waals surface area contributed by atoms with Gasteiger partial charge in [-0.05, 0) is 48.5 Å². The second kappa shape index (κ2) is 7.93. The number of hydrogen-bond donors (Lipinski definition) is 0. The van der Waals surface area contributed by atoms with Gasteiger partial charge < -0.3 is 14.2 Å². The second-order valence-corrected chi connectivity index (χ2v) is 9.93. The first-order valence-electron chi connectivity index (χ1n) is 9.41. The number of fused-ring (bicyclic) bond motifs is 1. The lowest BCUT2D eigenvalue weighted by atomic mass is 10.2. The van der Waals surface area contributed by atoms with Gasteiger partial charge in [0.15, 0.2) is 11.5 Å². The van der Waals surface area contributed by atoms with E-state index < -0.39 is 10.0 Å². The second-order valence-electron chi connectivity index (χ2n) is 7.07. The fraction of sp³-hybridized carbons (Fsp3) is 0.286. The summed E-state index contributed by atoms with van der Waals surface area (Å²) in [5.74, 6) is 2.36. The van der Waals surface area contributed by atoms with Crippen molar-refractivity contribution in [3.63, 3.8) is 0 Å². The molecule has 0 spiro atoms. The van der Waals surface area contributed by atoms with Crippen molar-refractivity contribution >= 4 is 41.2 Å². The molecule has 1 aromatic heterocycles. The first-order chi connectivity index (χ1) is 14.3. The van der Waals surface area contributed by atoms with Gasteiger partial charge in [-0.3, -0.25) is 9.29 Å². The van der Waals surface area contributed by atoms with Gasteiger partial charge in [-0.2, -0.15) is 0 Å². The number of rotatable bonds is 7. The standard InChI is InChI=1S/C21H23N2O5PS/c1-23(30(24,25)14-5-6-14)17-7-4-13(10-21(17)29)28-18-8-9-22-16-12-20(27-3)19(26-2)11-15(16)18/h4,7-12,14H,5-6,29H2,1-3H3. The van der Waals surface area contributed by atoms with Gasteiger partial charge in [0.05, 0.1) is 30.7 Å². The van der Waals surface area contributed by atoms with Crippen LogP contribution in [0.4, 0.5) is 5.69 Å². The van der Waals surface area contributed by atoms with Crippen molar-refractivity contribution in [3.8, 4) is 23.0 Å². The van der Waals surface area contributed by atoms with E-state index in [-0.39, 0.29) is 5.25 Å². The molecule has 7 nitrogen and oxygen atoms in total. The molecular weight excluding hydrogens is 423 g/mol. The van der Waals surface area contributed by atoms with Crippen molar-refractivity contribution in [1.29, 1.82) is 0 Å². The number of pyridine rings is 1. The van der Waals surface area contributed by atoms with E-state index in [9.17, 15) is 8.42 Å². The number of ether oxygens (including phenoxy) is 3. The van der Waals surface area contributed by atoms with Crippen molar-refractivity contribution in [1.82, 2.24) is 4.98 Å². The van der Waals surface area contributed by atoms with E-state index in [0.717, 1.165) is 23.5 Å². The molecule has 1 unspecified atom stereocenters. The number of sulfonamides is 1. The Hall–Kier alpha value is -2.57. The molecule has 0 amide bonds. The third-order valence-corrected chi connectivity index (χ3v) is 7.84. The SMILES string of the molecule is COc1cc2nccc(Oc3ccc(N(C)S(=O)(=O)C4CC4)c(P)c3)c2cc1OC. The molecular formula is C21H23N2O5PS. The van der Waals surface area contributed by atoms with Crippen LogP contribution >= 0.6 is 9.24 Å². The molecule has 1 heterocycles. The average Bonchev–Trinajstić information content (AvgIpc) is 3.58. The minimum atomic E-state index is -3.31. The number of methoxy groups -OCH3 is 2. The average molecular weight is 446 g/mol. The van der Waals surface area contributed by atoms with Crippen LogP contribution in [0.3, 0.4) is 0 Å². The molecule has 30 heavy (non-hydrogen) atoms. The van der Waals surface area contributed by atoms with Gasteiger partial charge in [-0.25, -0.2) is 8.42 Å². The summed E-state index contributed by atoms with van der Waals surface area (Å²) in [4.78, 5) is 4.38. The zero-order chi connectivity index (χ0) is 21.5. The highest BCUT2D eigenvalue weighted by molar-refractivity contribution is 7.93. The van der Waals surface area contributed by atoms with Gasteiger partial charge in [0, 0.05) is 24.7 Å². The Bertz CT molecular complexity index is 1210. The summed E-state index contributed by atoms with van der Waals surface area (Å²) in [6, 6.07) is 10.7. The van der Waals surface area contributed by atoms with Crippen LogP contribution in [0.1, 0.15) is 12.8 Å². The van der Waals surface area contributed by atoms with E-state index in [1.807, 2.05) is 6.07 Å². The van der Waals surface area contributed by atoms with Crippen LogP contribution in [0.25, 0.3) is 10.9 Å². The van der Waals surface area contributed by atoms with Crippen LogP contribution in [0.15, 0.2) is 42.6 Å². The maximum atomic E-state index is 12.5. The van der Waals surface area contributed by atoms with Crippen LogP contribution < -0.4 is 23.8 Å². The summed E-state index contributed by atoms with van der Waals surface area (Å²) in [5, 5.41) is 1.24. The summed E-state index contributed by atoms with van der Waals surface area (Å²) in [6.07, 6.45) is 3.11. The summed E-state index contributed by atoms with van der Waals surface area (Å²) in [5.41, 5.74) is 1.33. The lowest BCUT2D eigenvalue weighted by molar-refractivity contribution is 0.355. The van der Waals surface area contributed by atoms with Gasteiger partial charge in [0.2, 0.25) is 10.0 Å². The zero-order valence-corrected chi connectivity index (χ0v) is 18.9. The molecule has 0 aliphatic heterocycles. The minimum absolute atomic E-state index is 0.266. The predicted octanol–water partition coefficient (Wildman–Crippen LogP) is 3.47. The molecule has 1 saturated carbocycles. The molecule has 0 radical (unpaired) electrons. The minimum Gasteiger partial charge on any atom is -0.493 e. The summed E-state index contributed by atoms with van der Waals surface area (Å²) < 4.78 is 43.3. The van der Waals surface area contributed by atoms with Gasteiger partial charge in [0.25, 0.3) is 0 Å². The van der Waals surface area contributed by atoms with E-state index in [0.29, 0.717) is 34.2 Å². The molecule has 1 aliphatic rings. The van der Waals surface area contributed by atoms with E-state index >= 15 is 0 Å². The maximum absolute atomic E-state index is 12.5. The first-order valence-corrected chi connectivity index (χ1v) is 11.5. The first kappa shape index (κ1) is 20.7. The van der Waals surface area contributed by atoms with Gasteiger partial charge in [-0.15, -0.1) is 9.24 Å². The van der Waals surface area contributed by atoms with Crippen LogP contribution in [-0.4, -0.2) is 39.9 Å². The number of hydrogen-bond acceptors (Lipinski definition) is 6. The van der Waals surface area contributed by atoms with E-state index in [1.165, 1.54) is 4.31 Å². The van der Waals surface area contributed by atoms with Crippen molar-refractivity contribution in [2.45, 2.75) is 18.1 Å². The summed E-state index contributed by atoms with van der Waals surface area (Å²) in [7, 11) is 4.02. The third-order valence-electron chi connectivity index (χ3n) is 5.10. The highest BCUT2D eigenvalue weighted by Crippen LogP contribution is 2.37. The zero-order valence-electron chi connectivity index (χ0n) is 17.0. The largest absolute Gasteiger partial charge is 0.493 e. The molecule has 1 aliphatic carbocycles. The molecule has 1 fully saturated rings. The monoisotopic (exact) mass is 446 g/mol. The number of nitrogens with zero attached hydrogens (tertiary/aromatic N) is 2. The van der Waals surface area contributed by atoms with Crippen molar-refractivity contribution in [2.24, 2.45) is 0 Å². The normalized spacial score (nSPS) is 13.9. The smallest absolute Gasteiger partial charge is 0.237 e. The van der Waals surface area contributed by atoms with Crippen LogP contribution in [0.5, 0.6) is 23.0 Å². The van der Waals surface area contributed by atoms with Crippen LogP contribution in [0.2, 0.25) is 0 Å². The lowest BCUT2D eigenvalue weighted by Gasteiger charge is -2.21. The quantitative estimate of drug-likeness (QED) is 0.517. The molecule has 9 heteroatoms. The molecule has 0 N–H and O–H groups in total. The Labute approximate surface area is 178 Å². The van der Waals surface area contributed by atoms with Crippen LogP contribution in [0, 0.1) is 0 Å². The molecule has 0 saturated heterocycles. The molecule has 1 atom stereocenters. The van der Waals surface area contributed by atoms with Crippen molar-refractivity contribution in [2.75, 3.05) is 25.6 Å². The Morgan fingerprint density at radius 1 is 1.03 bits per heavy atom. The van der Waals surface area contributed by atoms with Gasteiger partial charge in [-0.1, -0.05) is 0 Å². The topological polar surface area (TPSA) is 78.0 Å². The fourth-order valence-electron chi connectivity index (χ4n) is 3.27. The molecule has 158 valence electrons. The fourth-order valence-corrected chi connectivity index (χ4v) is 5.44.